The first kappa shape index (κ1) is 26.2. The molecule has 176 valence electrons. The molecular formula is C22H14BrCl4N3OS3. The van der Waals surface area contributed by atoms with Crippen molar-refractivity contribution < 1.29 is 4.79 Å². The number of carbonyl (C=O) groups excluding carboxylic acids is 1. The monoisotopic (exact) mass is 651 g/mol. The molecule has 4 rings (SSSR count). The van der Waals surface area contributed by atoms with E-state index in [-0.39, 0.29) is 11.7 Å². The standard InChI is InChI=1S/C22H14BrCl4N3OS3/c23-21-30-20(18(34-21)8-12-6-14(25)2-4-17(12)27)29-19(31)10-32-22-28-9-15(33-22)7-11-5-13(24)1-3-16(11)26/h1-6,9H,7-8,10H2,(H,29,31). The fourth-order valence-corrected chi connectivity index (χ4v) is 7.13. The van der Waals surface area contributed by atoms with Gasteiger partial charge in [0.05, 0.1) is 10.6 Å². The topological polar surface area (TPSA) is 54.9 Å². The molecule has 4 aromatic rings. The largest absolute Gasteiger partial charge is 0.309 e. The number of hydrogen-bond acceptors (Lipinski definition) is 6. The number of hydrogen-bond donors (Lipinski definition) is 1. The predicted octanol–water partition coefficient (Wildman–Crippen LogP) is 8.89. The van der Waals surface area contributed by atoms with Gasteiger partial charge in [0.1, 0.15) is 5.82 Å². The number of thiazole rings is 2. The van der Waals surface area contributed by atoms with E-state index in [1.165, 1.54) is 34.4 Å². The minimum absolute atomic E-state index is 0.170. The molecule has 1 amide bonds. The maximum Gasteiger partial charge on any atom is 0.236 e. The summed E-state index contributed by atoms with van der Waals surface area (Å²) in [5.74, 6) is 0.544. The Morgan fingerprint density at radius 3 is 2.29 bits per heavy atom. The van der Waals surface area contributed by atoms with Crippen LogP contribution in [-0.4, -0.2) is 21.6 Å². The highest BCUT2D eigenvalue weighted by Crippen LogP contribution is 2.33. The number of nitrogens with zero attached hydrogens (tertiary/aromatic N) is 2. The molecule has 12 heteroatoms. The number of nitrogens with one attached hydrogen (secondary N) is 1. The van der Waals surface area contributed by atoms with Gasteiger partial charge in [0.2, 0.25) is 5.91 Å². The second kappa shape index (κ2) is 11.9. The number of carbonyl (C=O) groups is 1. The fourth-order valence-electron chi connectivity index (χ4n) is 2.99. The lowest BCUT2D eigenvalue weighted by Gasteiger charge is -2.07. The van der Waals surface area contributed by atoms with Crippen LogP contribution in [0.15, 0.2) is 50.9 Å². The Bertz CT molecular complexity index is 1340. The predicted molar refractivity (Wildman–Crippen MR) is 150 cm³/mol. The summed E-state index contributed by atoms with van der Waals surface area (Å²) >= 11 is 32.5. The zero-order valence-electron chi connectivity index (χ0n) is 17.1. The SMILES string of the molecule is O=C(CSc1ncc(Cc2cc(Cl)ccc2Cl)s1)Nc1nc(Br)sc1Cc1cc(Cl)ccc1Cl. The normalized spacial score (nSPS) is 11.1. The van der Waals surface area contributed by atoms with Gasteiger partial charge in [-0.3, -0.25) is 4.79 Å². The Kier molecular flexibility index (Phi) is 9.20. The summed E-state index contributed by atoms with van der Waals surface area (Å²) in [5.41, 5.74) is 1.80. The molecule has 0 saturated carbocycles. The van der Waals surface area contributed by atoms with Crippen LogP contribution in [0, 0.1) is 0 Å². The zero-order valence-corrected chi connectivity index (χ0v) is 24.1. The number of amides is 1. The molecule has 0 spiro atoms. The van der Waals surface area contributed by atoms with Gasteiger partial charge >= 0.3 is 0 Å². The summed E-state index contributed by atoms with van der Waals surface area (Å²) in [6.07, 6.45) is 2.94. The van der Waals surface area contributed by atoms with Crippen molar-refractivity contribution >= 4 is 108 Å². The van der Waals surface area contributed by atoms with E-state index in [1.807, 2.05) is 12.1 Å². The van der Waals surface area contributed by atoms with Crippen molar-refractivity contribution in [2.45, 2.75) is 17.2 Å². The maximum atomic E-state index is 12.6. The lowest BCUT2D eigenvalue weighted by molar-refractivity contribution is -0.113. The molecular weight excluding hydrogens is 640 g/mol. The fraction of sp³-hybridized carbons (Fsp3) is 0.136. The van der Waals surface area contributed by atoms with E-state index in [0.717, 1.165) is 25.2 Å². The minimum atomic E-state index is -0.170. The molecule has 0 aliphatic heterocycles. The Labute approximate surface area is 237 Å². The van der Waals surface area contributed by atoms with Gasteiger partial charge in [0.25, 0.3) is 0 Å². The highest BCUT2D eigenvalue weighted by Gasteiger charge is 2.16. The van der Waals surface area contributed by atoms with Crippen molar-refractivity contribution in [3.05, 3.63) is 87.5 Å². The Hall–Kier alpha value is -0.840. The van der Waals surface area contributed by atoms with Crippen molar-refractivity contribution in [1.29, 1.82) is 0 Å². The van der Waals surface area contributed by atoms with E-state index in [4.69, 9.17) is 46.4 Å². The van der Waals surface area contributed by atoms with Gasteiger partial charge in [-0.1, -0.05) is 58.2 Å². The Morgan fingerprint density at radius 1 is 0.971 bits per heavy atom. The summed E-state index contributed by atoms with van der Waals surface area (Å²) in [4.78, 5) is 23.4. The average Bonchev–Trinajstić information content (AvgIpc) is 3.37. The number of aromatic nitrogens is 2. The Balaban J connectivity index is 1.36. The first-order valence-corrected chi connectivity index (χ1v) is 14.6. The smallest absolute Gasteiger partial charge is 0.236 e. The maximum absolute atomic E-state index is 12.6. The van der Waals surface area contributed by atoms with Crippen LogP contribution in [0.2, 0.25) is 20.1 Å². The van der Waals surface area contributed by atoms with Crippen LogP contribution in [0.1, 0.15) is 20.9 Å². The van der Waals surface area contributed by atoms with Crippen molar-refractivity contribution in [2.24, 2.45) is 0 Å². The summed E-state index contributed by atoms with van der Waals surface area (Å²) in [6, 6.07) is 10.7. The number of halogens is 5. The van der Waals surface area contributed by atoms with Crippen LogP contribution in [-0.2, 0) is 17.6 Å². The lowest BCUT2D eigenvalue weighted by Crippen LogP contribution is -2.15. The zero-order chi connectivity index (χ0) is 24.2. The van der Waals surface area contributed by atoms with Gasteiger partial charge in [-0.2, -0.15) is 0 Å². The lowest BCUT2D eigenvalue weighted by atomic mass is 10.1. The summed E-state index contributed by atoms with van der Waals surface area (Å²) in [6.45, 7) is 0. The molecule has 2 aromatic heterocycles. The number of rotatable bonds is 8. The van der Waals surface area contributed by atoms with Crippen molar-refractivity contribution in [3.8, 4) is 0 Å². The van der Waals surface area contributed by atoms with Gasteiger partial charge in [-0.25, -0.2) is 9.97 Å². The highest BCUT2D eigenvalue weighted by molar-refractivity contribution is 9.11. The molecule has 0 atom stereocenters. The van der Waals surface area contributed by atoms with Crippen LogP contribution < -0.4 is 5.32 Å². The molecule has 0 radical (unpaired) electrons. The minimum Gasteiger partial charge on any atom is -0.309 e. The van der Waals surface area contributed by atoms with Crippen LogP contribution in [0.4, 0.5) is 5.82 Å². The summed E-state index contributed by atoms with van der Waals surface area (Å²) < 4.78 is 1.47. The number of anilines is 1. The van der Waals surface area contributed by atoms with E-state index >= 15 is 0 Å². The molecule has 0 aliphatic carbocycles. The Morgan fingerprint density at radius 2 is 1.62 bits per heavy atom. The highest BCUT2D eigenvalue weighted by atomic mass is 79.9. The molecule has 0 bridgehead atoms. The van der Waals surface area contributed by atoms with Crippen molar-refractivity contribution in [2.75, 3.05) is 11.1 Å². The second-order valence-electron chi connectivity index (χ2n) is 6.99. The third-order valence-corrected chi connectivity index (χ3v) is 9.39. The molecule has 0 aliphatic rings. The molecule has 4 nitrogen and oxygen atoms in total. The van der Waals surface area contributed by atoms with Gasteiger partial charge in [-0.15, -0.1) is 22.7 Å². The van der Waals surface area contributed by atoms with E-state index in [9.17, 15) is 4.79 Å². The molecule has 2 heterocycles. The summed E-state index contributed by atoms with van der Waals surface area (Å²) in [5, 5.41) is 5.41. The third kappa shape index (κ3) is 7.11. The van der Waals surface area contributed by atoms with Crippen LogP contribution in [0.3, 0.4) is 0 Å². The molecule has 0 saturated heterocycles. The second-order valence-corrected chi connectivity index (χ2v) is 13.4. The quantitative estimate of drug-likeness (QED) is 0.193. The van der Waals surface area contributed by atoms with E-state index in [0.29, 0.717) is 42.7 Å². The van der Waals surface area contributed by atoms with Crippen molar-refractivity contribution in [1.82, 2.24) is 9.97 Å². The van der Waals surface area contributed by atoms with Crippen LogP contribution in [0.25, 0.3) is 0 Å². The van der Waals surface area contributed by atoms with Gasteiger partial charge in [0.15, 0.2) is 8.26 Å². The van der Waals surface area contributed by atoms with Crippen molar-refractivity contribution in [3.63, 3.8) is 0 Å². The van der Waals surface area contributed by atoms with Crippen LogP contribution >= 0.6 is 96.8 Å². The molecule has 2 aromatic carbocycles. The van der Waals surface area contributed by atoms with Gasteiger partial charge < -0.3 is 5.32 Å². The first-order chi connectivity index (χ1) is 16.3. The van der Waals surface area contributed by atoms with E-state index < -0.39 is 0 Å². The number of thioether (sulfide) groups is 1. The first-order valence-electron chi connectivity index (χ1n) is 9.67. The van der Waals surface area contributed by atoms with E-state index in [1.54, 1.807) is 30.5 Å². The molecule has 34 heavy (non-hydrogen) atoms. The van der Waals surface area contributed by atoms with Gasteiger partial charge in [-0.05, 0) is 63.5 Å². The average molecular weight is 654 g/mol. The van der Waals surface area contributed by atoms with E-state index in [2.05, 4.69) is 31.2 Å². The third-order valence-electron chi connectivity index (χ3n) is 4.52. The molecule has 0 unspecified atom stereocenters. The van der Waals surface area contributed by atoms with Gasteiger partial charge in [0, 0.05) is 44.0 Å². The summed E-state index contributed by atoms with van der Waals surface area (Å²) in [7, 11) is 0. The van der Waals surface area contributed by atoms with Crippen LogP contribution in [0.5, 0.6) is 0 Å². The molecule has 0 fully saturated rings. The number of benzene rings is 2. The molecule has 1 N–H and O–H groups in total.